The van der Waals surface area contributed by atoms with Crippen LogP contribution in [0.2, 0.25) is 0 Å². The molecule has 19 heavy (non-hydrogen) atoms. The molecule has 2 aromatic rings. The third kappa shape index (κ3) is 2.47. The Labute approximate surface area is 112 Å². The topological polar surface area (TPSA) is 51.3 Å². The summed E-state index contributed by atoms with van der Waals surface area (Å²) in [6, 6.07) is 7.11. The van der Waals surface area contributed by atoms with E-state index >= 15 is 0 Å². The zero-order chi connectivity index (χ0) is 14.0. The summed E-state index contributed by atoms with van der Waals surface area (Å²) in [7, 11) is 3.12. The monoisotopic (exact) mass is 259 g/mol. The number of aromatic amines is 1. The first-order chi connectivity index (χ1) is 9.06. The smallest absolute Gasteiger partial charge is 0.209 e. The summed E-state index contributed by atoms with van der Waals surface area (Å²) in [5.74, 6) is 1.11. The van der Waals surface area contributed by atoms with Crippen LogP contribution in [0, 0.1) is 13.8 Å². The number of rotatable bonds is 4. The molecule has 0 aliphatic carbocycles. The molecular formula is C15H17NO3. The van der Waals surface area contributed by atoms with E-state index in [-0.39, 0.29) is 5.78 Å². The number of carbonyl (C=O) groups is 1. The van der Waals surface area contributed by atoms with Crippen molar-refractivity contribution in [3.63, 3.8) is 0 Å². The highest BCUT2D eigenvalue weighted by molar-refractivity contribution is 6.09. The van der Waals surface area contributed by atoms with Crippen molar-refractivity contribution in [2.45, 2.75) is 13.8 Å². The quantitative estimate of drug-likeness (QED) is 0.859. The molecule has 1 aromatic carbocycles. The fourth-order valence-electron chi connectivity index (χ4n) is 2.09. The van der Waals surface area contributed by atoms with Crippen molar-refractivity contribution in [3.8, 4) is 11.5 Å². The molecule has 4 heteroatoms. The Morgan fingerprint density at radius 2 is 1.74 bits per heavy atom. The van der Waals surface area contributed by atoms with Crippen molar-refractivity contribution in [2.75, 3.05) is 14.2 Å². The number of methoxy groups -OCH3 is 2. The molecule has 0 aliphatic rings. The van der Waals surface area contributed by atoms with Crippen LogP contribution in [0.15, 0.2) is 24.3 Å². The van der Waals surface area contributed by atoms with Crippen LogP contribution in [-0.2, 0) is 0 Å². The van der Waals surface area contributed by atoms with E-state index in [1.807, 2.05) is 19.9 Å². The molecule has 1 aromatic heterocycles. The number of aryl methyl sites for hydroxylation is 2. The SMILES string of the molecule is COc1ccc(C(=O)c2[nH]c(C)cc2C)cc1OC. The summed E-state index contributed by atoms with van der Waals surface area (Å²) in [6.45, 7) is 3.84. The Balaban J connectivity index is 2.42. The molecule has 100 valence electrons. The summed E-state index contributed by atoms with van der Waals surface area (Å²) in [5.41, 5.74) is 3.10. The van der Waals surface area contributed by atoms with Crippen LogP contribution in [0.4, 0.5) is 0 Å². The van der Waals surface area contributed by atoms with E-state index in [2.05, 4.69) is 4.98 Å². The number of nitrogens with one attached hydrogen (secondary N) is 1. The van der Waals surface area contributed by atoms with Gasteiger partial charge in [0.15, 0.2) is 11.5 Å². The van der Waals surface area contributed by atoms with Gasteiger partial charge in [0.05, 0.1) is 19.9 Å². The summed E-state index contributed by atoms with van der Waals surface area (Å²) < 4.78 is 10.4. The normalized spacial score (nSPS) is 10.3. The molecule has 0 saturated carbocycles. The van der Waals surface area contributed by atoms with Crippen molar-refractivity contribution in [3.05, 3.63) is 46.8 Å². The number of ether oxygens (including phenoxy) is 2. The summed E-state index contributed by atoms with van der Waals surface area (Å²) in [5, 5.41) is 0. The van der Waals surface area contributed by atoms with Gasteiger partial charge < -0.3 is 14.5 Å². The van der Waals surface area contributed by atoms with Crippen molar-refractivity contribution in [1.29, 1.82) is 0 Å². The van der Waals surface area contributed by atoms with Gasteiger partial charge in [-0.25, -0.2) is 0 Å². The molecule has 4 nitrogen and oxygen atoms in total. The lowest BCUT2D eigenvalue weighted by atomic mass is 10.1. The maximum absolute atomic E-state index is 12.4. The lowest BCUT2D eigenvalue weighted by Crippen LogP contribution is -2.04. The van der Waals surface area contributed by atoms with Crippen LogP contribution in [0.5, 0.6) is 11.5 Å². The lowest BCUT2D eigenvalue weighted by molar-refractivity contribution is 0.103. The predicted molar refractivity (Wildman–Crippen MR) is 73.2 cm³/mol. The first-order valence-electron chi connectivity index (χ1n) is 5.99. The number of carbonyl (C=O) groups excluding carboxylic acids is 1. The molecule has 0 fully saturated rings. The standard InChI is InChI=1S/C15H17NO3/c1-9-7-10(2)16-14(9)15(17)11-5-6-12(18-3)13(8-11)19-4/h5-8,16H,1-4H3. The van der Waals surface area contributed by atoms with Crippen LogP contribution < -0.4 is 9.47 Å². The molecule has 0 saturated heterocycles. The van der Waals surface area contributed by atoms with Crippen molar-refractivity contribution >= 4 is 5.78 Å². The van der Waals surface area contributed by atoms with Gasteiger partial charge in [-0.2, -0.15) is 0 Å². The summed E-state index contributed by atoms with van der Waals surface area (Å²) in [6.07, 6.45) is 0. The van der Waals surface area contributed by atoms with Gasteiger partial charge in [-0.1, -0.05) is 0 Å². The lowest BCUT2D eigenvalue weighted by Gasteiger charge is -2.09. The van der Waals surface area contributed by atoms with Gasteiger partial charge in [-0.05, 0) is 43.7 Å². The van der Waals surface area contributed by atoms with Gasteiger partial charge in [0.1, 0.15) is 0 Å². The van der Waals surface area contributed by atoms with E-state index in [1.54, 1.807) is 32.4 Å². The Hall–Kier alpha value is -2.23. The average Bonchev–Trinajstić information content (AvgIpc) is 2.76. The van der Waals surface area contributed by atoms with Crippen molar-refractivity contribution < 1.29 is 14.3 Å². The third-order valence-electron chi connectivity index (χ3n) is 3.02. The second-order valence-corrected chi connectivity index (χ2v) is 4.41. The molecule has 1 N–H and O–H groups in total. The second-order valence-electron chi connectivity index (χ2n) is 4.41. The number of ketones is 1. The molecule has 0 aliphatic heterocycles. The Bertz CT molecular complexity index is 614. The summed E-state index contributed by atoms with van der Waals surface area (Å²) >= 11 is 0. The van der Waals surface area contributed by atoms with Crippen LogP contribution >= 0.6 is 0 Å². The Morgan fingerprint density at radius 1 is 1.05 bits per heavy atom. The van der Waals surface area contributed by atoms with Crippen LogP contribution in [0.3, 0.4) is 0 Å². The van der Waals surface area contributed by atoms with Crippen molar-refractivity contribution in [2.24, 2.45) is 0 Å². The molecule has 0 radical (unpaired) electrons. The van der Waals surface area contributed by atoms with Gasteiger partial charge in [0.25, 0.3) is 0 Å². The largest absolute Gasteiger partial charge is 0.493 e. The molecule has 1 heterocycles. The highest BCUT2D eigenvalue weighted by atomic mass is 16.5. The van der Waals surface area contributed by atoms with Crippen LogP contribution in [0.1, 0.15) is 27.3 Å². The fourth-order valence-corrected chi connectivity index (χ4v) is 2.09. The van der Waals surface area contributed by atoms with E-state index in [0.29, 0.717) is 22.8 Å². The number of hydrogen-bond donors (Lipinski definition) is 1. The van der Waals surface area contributed by atoms with Gasteiger partial charge >= 0.3 is 0 Å². The van der Waals surface area contributed by atoms with Gasteiger partial charge in [0.2, 0.25) is 5.78 Å². The van der Waals surface area contributed by atoms with E-state index < -0.39 is 0 Å². The molecule has 0 spiro atoms. The van der Waals surface area contributed by atoms with Crippen molar-refractivity contribution in [1.82, 2.24) is 4.98 Å². The van der Waals surface area contributed by atoms with Crippen LogP contribution in [0.25, 0.3) is 0 Å². The molecule has 0 unspecified atom stereocenters. The number of hydrogen-bond acceptors (Lipinski definition) is 3. The zero-order valence-electron chi connectivity index (χ0n) is 11.5. The average molecular weight is 259 g/mol. The first-order valence-corrected chi connectivity index (χ1v) is 5.99. The minimum atomic E-state index is -0.0495. The number of benzene rings is 1. The fraction of sp³-hybridized carbons (Fsp3) is 0.267. The number of H-pyrrole nitrogens is 1. The number of aromatic nitrogens is 1. The maximum atomic E-state index is 12.4. The maximum Gasteiger partial charge on any atom is 0.209 e. The van der Waals surface area contributed by atoms with Gasteiger partial charge in [-0.3, -0.25) is 4.79 Å². The van der Waals surface area contributed by atoms with E-state index in [0.717, 1.165) is 11.3 Å². The molecule has 0 bridgehead atoms. The van der Waals surface area contributed by atoms with Gasteiger partial charge in [-0.15, -0.1) is 0 Å². The molecule has 0 atom stereocenters. The highest BCUT2D eigenvalue weighted by Crippen LogP contribution is 2.28. The minimum Gasteiger partial charge on any atom is -0.493 e. The zero-order valence-corrected chi connectivity index (χ0v) is 11.5. The van der Waals surface area contributed by atoms with Crippen LogP contribution in [-0.4, -0.2) is 25.0 Å². The highest BCUT2D eigenvalue weighted by Gasteiger charge is 2.16. The van der Waals surface area contributed by atoms with E-state index in [4.69, 9.17) is 9.47 Å². The van der Waals surface area contributed by atoms with E-state index in [1.165, 1.54) is 0 Å². The Kier molecular flexibility index (Phi) is 3.60. The van der Waals surface area contributed by atoms with Gasteiger partial charge in [0, 0.05) is 11.3 Å². The Morgan fingerprint density at radius 3 is 2.26 bits per heavy atom. The van der Waals surface area contributed by atoms with E-state index in [9.17, 15) is 4.79 Å². The predicted octanol–water partition coefficient (Wildman–Crippen LogP) is 2.88. The summed E-state index contributed by atoms with van der Waals surface area (Å²) in [4.78, 5) is 15.5. The molecular weight excluding hydrogens is 242 g/mol. The third-order valence-corrected chi connectivity index (χ3v) is 3.02. The second kappa shape index (κ2) is 5.18. The minimum absolute atomic E-state index is 0.0495. The first kappa shape index (κ1) is 13.2. The molecule has 2 rings (SSSR count). The molecule has 0 amide bonds.